The largest absolute Gasteiger partial charge is 0.493 e. The van der Waals surface area contributed by atoms with Gasteiger partial charge in [-0.25, -0.2) is 0 Å². The summed E-state index contributed by atoms with van der Waals surface area (Å²) in [5.74, 6) is 1.88. The number of allylic oxidation sites excluding steroid dienone is 3. The molecule has 6 nitrogen and oxygen atoms in total. The summed E-state index contributed by atoms with van der Waals surface area (Å²) in [5.41, 5.74) is -1.01. The lowest BCUT2D eigenvalue weighted by molar-refractivity contribution is -0.194. The molecular formula is C18H22N2O4. The second-order valence-electron chi connectivity index (χ2n) is 7.64. The molecule has 2 N–H and O–H groups in total. The molecule has 2 heterocycles. The zero-order valence-corrected chi connectivity index (χ0v) is 13.8. The van der Waals surface area contributed by atoms with Gasteiger partial charge in [0.25, 0.3) is 0 Å². The topological polar surface area (TPSA) is 74.5 Å². The zero-order chi connectivity index (χ0) is 16.7. The van der Waals surface area contributed by atoms with E-state index in [-0.39, 0.29) is 12.0 Å². The van der Waals surface area contributed by atoms with Crippen LogP contribution in [0, 0.1) is 17.3 Å². The lowest BCUT2D eigenvalue weighted by Crippen LogP contribution is -2.74. The van der Waals surface area contributed by atoms with Crippen molar-refractivity contribution in [2.24, 2.45) is 22.4 Å². The lowest BCUT2D eigenvalue weighted by atomic mass is 9.45. The number of methoxy groups -OCH3 is 1. The van der Waals surface area contributed by atoms with Crippen LogP contribution in [0.1, 0.15) is 12.8 Å². The number of aliphatic hydroxyl groups is 1. The van der Waals surface area contributed by atoms with E-state index >= 15 is 0 Å². The first-order valence-electron chi connectivity index (χ1n) is 8.53. The van der Waals surface area contributed by atoms with Gasteiger partial charge in [-0.15, -0.1) is 0 Å². The molecule has 0 aromatic heterocycles. The number of hydrogen-bond donors (Lipinski definition) is 2. The highest BCUT2D eigenvalue weighted by Gasteiger charge is 2.75. The minimum absolute atomic E-state index is 0.0307. The van der Waals surface area contributed by atoms with E-state index in [0.717, 1.165) is 30.9 Å². The van der Waals surface area contributed by atoms with Crippen LogP contribution in [-0.4, -0.2) is 59.4 Å². The maximum atomic E-state index is 11.8. The molecule has 2 saturated heterocycles. The van der Waals surface area contributed by atoms with E-state index in [1.807, 2.05) is 12.2 Å². The second kappa shape index (κ2) is 4.43. The third-order valence-electron chi connectivity index (χ3n) is 6.99. The zero-order valence-electron chi connectivity index (χ0n) is 13.8. The summed E-state index contributed by atoms with van der Waals surface area (Å²) in [6.07, 6.45) is 8.96. The predicted octanol–water partition coefficient (Wildman–Crippen LogP) is 1.27. The number of hydrogen-bond acceptors (Lipinski definition) is 6. The highest BCUT2D eigenvalue weighted by molar-refractivity contribution is 6.01. The Morgan fingerprint density at radius 3 is 3.00 bits per heavy atom. The van der Waals surface area contributed by atoms with Gasteiger partial charge in [0.15, 0.2) is 11.9 Å². The summed E-state index contributed by atoms with van der Waals surface area (Å²) in [6, 6.07) is 0.0307. The molecule has 5 rings (SSSR count). The minimum atomic E-state index is -0.994. The molecule has 24 heavy (non-hydrogen) atoms. The van der Waals surface area contributed by atoms with Crippen LogP contribution in [0.25, 0.3) is 0 Å². The molecule has 1 spiro atoms. The Morgan fingerprint density at radius 1 is 1.42 bits per heavy atom. The van der Waals surface area contributed by atoms with Crippen LogP contribution in [0.3, 0.4) is 0 Å². The molecule has 0 radical (unpaired) electrons. The summed E-state index contributed by atoms with van der Waals surface area (Å²) in [5, 5.41) is 24.8. The van der Waals surface area contributed by atoms with Crippen molar-refractivity contribution in [3.8, 4) is 0 Å². The lowest BCUT2D eigenvalue weighted by Gasteiger charge is -2.63. The van der Waals surface area contributed by atoms with Crippen molar-refractivity contribution in [2.75, 3.05) is 20.7 Å². The Balaban J connectivity index is 1.80. The van der Waals surface area contributed by atoms with E-state index in [1.54, 1.807) is 13.2 Å². The molecule has 0 aromatic rings. The highest BCUT2D eigenvalue weighted by atomic mass is 16.5. The number of ether oxygens (including phenoxy) is 2. The fraction of sp³-hybridized carbons (Fsp3) is 0.611. The van der Waals surface area contributed by atoms with Gasteiger partial charge in [0.2, 0.25) is 0 Å². The molecule has 3 unspecified atom stereocenters. The summed E-state index contributed by atoms with van der Waals surface area (Å²) in [6.45, 7) is 0.891. The molecular weight excluding hydrogens is 308 g/mol. The van der Waals surface area contributed by atoms with Crippen molar-refractivity contribution in [1.29, 1.82) is 0 Å². The number of likely N-dealkylation sites (tertiary alicyclic amines) is 1. The Morgan fingerprint density at radius 2 is 2.25 bits per heavy atom. The minimum Gasteiger partial charge on any atom is -0.493 e. The average molecular weight is 330 g/mol. The summed E-state index contributed by atoms with van der Waals surface area (Å²) >= 11 is 0. The SMILES string of the molecule is COC1=C2O[C@H]3C(=NO)C=CC4(O)[C@H]5CC(C=C1)C2[C@@]34CCN5C. The van der Waals surface area contributed by atoms with Crippen molar-refractivity contribution in [1.82, 2.24) is 4.90 Å². The van der Waals surface area contributed by atoms with E-state index in [4.69, 9.17) is 9.47 Å². The molecule has 1 saturated carbocycles. The normalized spacial score (nSPS) is 50.0. The van der Waals surface area contributed by atoms with Crippen molar-refractivity contribution < 1.29 is 19.8 Å². The van der Waals surface area contributed by atoms with Gasteiger partial charge in [-0.1, -0.05) is 11.2 Å². The van der Waals surface area contributed by atoms with E-state index in [0.29, 0.717) is 11.6 Å². The monoisotopic (exact) mass is 330 g/mol. The average Bonchev–Trinajstić information content (AvgIpc) is 2.93. The molecule has 0 amide bonds. The molecule has 5 aliphatic rings. The summed E-state index contributed by atoms with van der Waals surface area (Å²) in [4.78, 5) is 2.26. The van der Waals surface area contributed by atoms with Crippen LogP contribution in [0.15, 0.2) is 41.0 Å². The van der Waals surface area contributed by atoms with E-state index in [1.165, 1.54) is 0 Å². The number of nitrogens with zero attached hydrogens (tertiary/aromatic N) is 2. The Bertz CT molecular complexity index is 727. The van der Waals surface area contributed by atoms with Gasteiger partial charge in [-0.2, -0.15) is 0 Å². The first-order chi connectivity index (χ1) is 11.6. The van der Waals surface area contributed by atoms with Gasteiger partial charge < -0.3 is 24.7 Å². The molecule has 0 aromatic carbocycles. The Hall–Kier alpha value is -1.79. The standard InChI is InChI=1S/C18H22N2O4/c1-20-8-7-17-14-10-3-4-12(23-2)15(14)24-16(17)11(19-22)5-6-18(17,21)13(20)9-10/h3-6,10,13-14,16,21-22H,7-9H2,1-2H3/t10?,13-,14?,16+,17+,18?/m1/s1. The van der Waals surface area contributed by atoms with Crippen LogP contribution in [0.2, 0.25) is 0 Å². The summed E-state index contributed by atoms with van der Waals surface area (Å²) < 4.78 is 11.8. The van der Waals surface area contributed by atoms with Crippen LogP contribution < -0.4 is 0 Å². The smallest absolute Gasteiger partial charge is 0.156 e. The first-order valence-corrected chi connectivity index (χ1v) is 8.53. The molecule has 6 atom stereocenters. The third-order valence-corrected chi connectivity index (χ3v) is 6.99. The van der Waals surface area contributed by atoms with Crippen molar-refractivity contribution in [3.63, 3.8) is 0 Å². The van der Waals surface area contributed by atoms with Gasteiger partial charge in [-0.3, -0.25) is 0 Å². The quantitative estimate of drug-likeness (QED) is 0.559. The van der Waals surface area contributed by atoms with Crippen LogP contribution >= 0.6 is 0 Å². The number of piperidine rings is 1. The second-order valence-corrected chi connectivity index (χ2v) is 7.64. The molecule has 128 valence electrons. The Kier molecular flexibility index (Phi) is 2.69. The number of rotatable bonds is 1. The predicted molar refractivity (Wildman–Crippen MR) is 86.4 cm³/mol. The maximum absolute atomic E-state index is 11.8. The van der Waals surface area contributed by atoms with Gasteiger partial charge >= 0.3 is 0 Å². The van der Waals surface area contributed by atoms with Crippen molar-refractivity contribution in [3.05, 3.63) is 35.8 Å². The number of likely N-dealkylation sites (N-methyl/N-ethyl adjacent to an activating group) is 1. The van der Waals surface area contributed by atoms with E-state index < -0.39 is 17.1 Å². The molecule has 2 bridgehead atoms. The van der Waals surface area contributed by atoms with Crippen LogP contribution in [-0.2, 0) is 9.47 Å². The fourth-order valence-electron chi connectivity index (χ4n) is 5.98. The number of oxime groups is 1. The summed E-state index contributed by atoms with van der Waals surface area (Å²) in [7, 11) is 3.72. The maximum Gasteiger partial charge on any atom is 0.156 e. The van der Waals surface area contributed by atoms with Gasteiger partial charge in [-0.05, 0) is 50.6 Å². The van der Waals surface area contributed by atoms with Crippen LogP contribution in [0.5, 0.6) is 0 Å². The van der Waals surface area contributed by atoms with Crippen LogP contribution in [0.4, 0.5) is 0 Å². The van der Waals surface area contributed by atoms with E-state index in [9.17, 15) is 10.3 Å². The fourth-order valence-corrected chi connectivity index (χ4v) is 5.98. The van der Waals surface area contributed by atoms with Crippen molar-refractivity contribution >= 4 is 5.71 Å². The Labute approximate surface area is 140 Å². The molecule has 3 aliphatic carbocycles. The van der Waals surface area contributed by atoms with Crippen molar-refractivity contribution in [2.45, 2.75) is 30.6 Å². The molecule has 6 heteroatoms. The van der Waals surface area contributed by atoms with Gasteiger partial charge in [0.1, 0.15) is 17.1 Å². The third kappa shape index (κ3) is 1.35. The van der Waals surface area contributed by atoms with Gasteiger partial charge in [0.05, 0.1) is 12.5 Å². The molecule has 3 fully saturated rings. The highest BCUT2D eigenvalue weighted by Crippen LogP contribution is 2.68. The molecule has 2 aliphatic heterocycles. The van der Waals surface area contributed by atoms with E-state index in [2.05, 4.69) is 23.2 Å². The first kappa shape index (κ1) is 14.5. The van der Waals surface area contributed by atoms with Gasteiger partial charge in [0, 0.05) is 12.0 Å².